The first-order chi connectivity index (χ1) is 17.6. The molecule has 1 N–H and O–H groups in total. The van der Waals surface area contributed by atoms with E-state index in [1.54, 1.807) is 26.6 Å². The van der Waals surface area contributed by atoms with Gasteiger partial charge in [0.05, 0.1) is 35.9 Å². The van der Waals surface area contributed by atoms with Gasteiger partial charge < -0.3 is 19.7 Å². The Labute approximate surface area is 213 Å². The first-order valence-corrected chi connectivity index (χ1v) is 11.9. The van der Waals surface area contributed by atoms with Crippen LogP contribution in [0, 0.1) is 0 Å². The van der Waals surface area contributed by atoms with Gasteiger partial charge in [0.15, 0.2) is 12.5 Å². The first-order valence-electron chi connectivity index (χ1n) is 11.5. The Morgan fingerprint density at radius 3 is 2.67 bits per heavy atom. The maximum atomic E-state index is 11.2. The second-order valence-corrected chi connectivity index (χ2v) is 8.66. The number of nitrogens with zero attached hydrogens (tertiary/aromatic N) is 6. The number of aldehydes is 1. The van der Waals surface area contributed by atoms with E-state index in [4.69, 9.17) is 21.1 Å². The number of hydrogen-bond donors (Lipinski definition) is 1. The fourth-order valence-corrected chi connectivity index (χ4v) is 4.53. The molecule has 5 rings (SSSR count). The molecular weight excluding hydrogens is 482 g/mol. The smallest absolute Gasteiger partial charge is 0.227 e. The van der Waals surface area contributed by atoms with Crippen molar-refractivity contribution in [2.75, 3.05) is 50.6 Å². The number of pyridine rings is 1. The van der Waals surface area contributed by atoms with E-state index in [1.165, 1.54) is 0 Å². The van der Waals surface area contributed by atoms with Crippen LogP contribution in [-0.2, 0) is 9.53 Å². The van der Waals surface area contributed by atoms with Crippen molar-refractivity contribution in [1.29, 1.82) is 0 Å². The van der Waals surface area contributed by atoms with Crippen LogP contribution in [0.1, 0.15) is 0 Å². The van der Waals surface area contributed by atoms with Crippen molar-refractivity contribution in [2.45, 2.75) is 6.23 Å². The highest BCUT2D eigenvalue weighted by Gasteiger charge is 2.24. The number of piperazine rings is 1. The van der Waals surface area contributed by atoms with Crippen LogP contribution in [-0.4, -0.2) is 77.2 Å². The zero-order valence-electron chi connectivity index (χ0n) is 20.0. The van der Waals surface area contributed by atoms with Gasteiger partial charge in [-0.3, -0.25) is 14.1 Å². The molecule has 3 aromatic heterocycles. The lowest BCUT2D eigenvalue weighted by atomic mass is 10.2. The predicted octanol–water partition coefficient (Wildman–Crippen LogP) is 3.49. The van der Waals surface area contributed by atoms with Gasteiger partial charge in [0.2, 0.25) is 5.95 Å². The lowest BCUT2D eigenvalue weighted by Crippen LogP contribution is -2.51. The summed E-state index contributed by atoms with van der Waals surface area (Å²) < 4.78 is 12.8. The average Bonchev–Trinajstić information content (AvgIpc) is 3.35. The standard InChI is InChI=1S/C25H26ClN7O3/c1-35-21-13-17(31-9-11-32(12-10-31)23(16-34)36-2)6-7-19(21)29-25-28-14-18(26)24(30-25)20-15-27-22-5-3-4-8-33(20)22/h3-8,13-16,23H,9-12H2,1-2H3,(H,28,29,30). The number of benzene rings is 1. The van der Waals surface area contributed by atoms with Gasteiger partial charge in [-0.05, 0) is 24.3 Å². The quantitative estimate of drug-likeness (QED) is 0.359. The minimum absolute atomic E-state index is 0.388. The highest BCUT2D eigenvalue weighted by Crippen LogP contribution is 2.33. The van der Waals surface area contributed by atoms with E-state index in [-0.39, 0.29) is 0 Å². The Balaban J connectivity index is 1.35. The third-order valence-electron chi connectivity index (χ3n) is 6.23. The third-order valence-corrected chi connectivity index (χ3v) is 6.51. The molecule has 1 fully saturated rings. The molecule has 0 bridgehead atoms. The van der Waals surface area contributed by atoms with Crippen LogP contribution in [0.2, 0.25) is 5.02 Å². The van der Waals surface area contributed by atoms with Crippen molar-refractivity contribution >= 4 is 40.9 Å². The molecule has 0 spiro atoms. The van der Waals surface area contributed by atoms with Gasteiger partial charge in [-0.25, -0.2) is 15.0 Å². The molecule has 186 valence electrons. The lowest BCUT2D eigenvalue weighted by molar-refractivity contribution is -0.127. The Hall–Kier alpha value is -3.73. The predicted molar refractivity (Wildman–Crippen MR) is 138 cm³/mol. The monoisotopic (exact) mass is 507 g/mol. The molecule has 0 aliphatic carbocycles. The Morgan fingerprint density at radius 1 is 1.08 bits per heavy atom. The summed E-state index contributed by atoms with van der Waals surface area (Å²) in [7, 11) is 3.18. The van der Waals surface area contributed by atoms with Gasteiger partial charge in [-0.15, -0.1) is 0 Å². The van der Waals surface area contributed by atoms with E-state index in [1.807, 2.05) is 51.9 Å². The van der Waals surface area contributed by atoms with Crippen molar-refractivity contribution in [3.63, 3.8) is 0 Å². The molecule has 0 radical (unpaired) electrons. The van der Waals surface area contributed by atoms with Gasteiger partial charge in [-0.2, -0.15) is 0 Å². The first kappa shape index (κ1) is 24.0. The number of carbonyl (C=O) groups excluding carboxylic acids is 1. The molecule has 4 heterocycles. The normalized spacial score (nSPS) is 15.1. The second kappa shape index (κ2) is 10.5. The third kappa shape index (κ3) is 4.70. The molecule has 1 aromatic carbocycles. The summed E-state index contributed by atoms with van der Waals surface area (Å²) in [6, 6.07) is 11.7. The number of methoxy groups -OCH3 is 2. The topological polar surface area (TPSA) is 97.1 Å². The van der Waals surface area contributed by atoms with Crippen molar-refractivity contribution in [1.82, 2.24) is 24.3 Å². The second-order valence-electron chi connectivity index (χ2n) is 8.26. The lowest BCUT2D eigenvalue weighted by Gasteiger charge is -2.38. The molecule has 1 atom stereocenters. The molecule has 10 nitrogen and oxygen atoms in total. The molecule has 4 aromatic rings. The fraction of sp³-hybridized carbons (Fsp3) is 0.280. The van der Waals surface area contributed by atoms with Crippen LogP contribution in [0.3, 0.4) is 0 Å². The van der Waals surface area contributed by atoms with Gasteiger partial charge in [-0.1, -0.05) is 17.7 Å². The summed E-state index contributed by atoms with van der Waals surface area (Å²) in [5.74, 6) is 1.05. The van der Waals surface area contributed by atoms with Crippen LogP contribution in [0.4, 0.5) is 17.3 Å². The van der Waals surface area contributed by atoms with Gasteiger partial charge in [0.1, 0.15) is 17.1 Å². The highest BCUT2D eigenvalue weighted by molar-refractivity contribution is 6.32. The van der Waals surface area contributed by atoms with Crippen LogP contribution < -0.4 is 15.0 Å². The largest absolute Gasteiger partial charge is 0.494 e. The van der Waals surface area contributed by atoms with Gasteiger partial charge >= 0.3 is 0 Å². The summed E-state index contributed by atoms with van der Waals surface area (Å²) in [6.45, 7) is 2.99. The van der Waals surface area contributed by atoms with Gasteiger partial charge in [0, 0.05) is 51.2 Å². The van der Waals surface area contributed by atoms with Crippen LogP contribution in [0.5, 0.6) is 5.75 Å². The van der Waals surface area contributed by atoms with E-state index in [0.29, 0.717) is 22.4 Å². The minimum Gasteiger partial charge on any atom is -0.494 e. The molecule has 1 aliphatic heterocycles. The van der Waals surface area contributed by atoms with Crippen LogP contribution >= 0.6 is 11.6 Å². The Kier molecular flexibility index (Phi) is 6.99. The summed E-state index contributed by atoms with van der Waals surface area (Å²) in [5, 5.41) is 3.68. The van der Waals surface area contributed by atoms with E-state index < -0.39 is 6.23 Å². The number of rotatable bonds is 8. The summed E-state index contributed by atoms with van der Waals surface area (Å²) in [5.41, 5.74) is 3.91. The zero-order chi connectivity index (χ0) is 25.1. The van der Waals surface area contributed by atoms with Crippen molar-refractivity contribution in [3.05, 3.63) is 60.0 Å². The van der Waals surface area contributed by atoms with Crippen molar-refractivity contribution < 1.29 is 14.3 Å². The van der Waals surface area contributed by atoms with E-state index >= 15 is 0 Å². The van der Waals surface area contributed by atoms with Crippen LogP contribution in [0.15, 0.2) is 55.0 Å². The SMILES string of the molecule is COc1cc(N2CCN(C(C=O)OC)CC2)ccc1Nc1ncc(Cl)c(-c2cnc3ccccn23)n1. The van der Waals surface area contributed by atoms with E-state index in [2.05, 4.69) is 25.2 Å². The molecule has 0 saturated carbocycles. The van der Waals surface area contributed by atoms with Crippen LogP contribution in [0.25, 0.3) is 17.0 Å². The molecular formula is C25H26ClN7O3. The average molecular weight is 508 g/mol. The summed E-state index contributed by atoms with van der Waals surface area (Å²) in [4.78, 5) is 28.9. The van der Waals surface area contributed by atoms with Gasteiger partial charge in [0.25, 0.3) is 0 Å². The maximum Gasteiger partial charge on any atom is 0.227 e. The summed E-state index contributed by atoms with van der Waals surface area (Å²) in [6.07, 6.45) is 5.56. The molecule has 1 unspecified atom stereocenters. The molecule has 36 heavy (non-hydrogen) atoms. The number of halogens is 1. The molecule has 1 aliphatic rings. The number of anilines is 3. The molecule has 0 amide bonds. The number of ether oxygens (including phenoxy) is 2. The zero-order valence-corrected chi connectivity index (χ0v) is 20.7. The molecule has 1 saturated heterocycles. The molecule has 11 heteroatoms. The Morgan fingerprint density at radius 2 is 1.92 bits per heavy atom. The van der Waals surface area contributed by atoms with E-state index in [9.17, 15) is 4.79 Å². The van der Waals surface area contributed by atoms with Crippen molar-refractivity contribution in [2.24, 2.45) is 0 Å². The summed E-state index contributed by atoms with van der Waals surface area (Å²) >= 11 is 6.45. The number of fused-ring (bicyclic) bond motifs is 1. The maximum absolute atomic E-state index is 11.2. The Bertz CT molecular complexity index is 1370. The fourth-order valence-electron chi connectivity index (χ4n) is 4.34. The number of carbonyl (C=O) groups is 1. The van der Waals surface area contributed by atoms with E-state index in [0.717, 1.165) is 55.2 Å². The van der Waals surface area contributed by atoms with Crippen molar-refractivity contribution in [3.8, 4) is 17.1 Å². The minimum atomic E-state index is -0.502. The number of hydrogen-bond acceptors (Lipinski definition) is 9. The number of nitrogens with one attached hydrogen (secondary N) is 1. The number of aromatic nitrogens is 4. The highest BCUT2D eigenvalue weighted by atomic mass is 35.5. The number of imidazole rings is 1.